The highest BCUT2D eigenvalue weighted by Gasteiger charge is 2.50. The Hall–Kier alpha value is -2.51. The van der Waals surface area contributed by atoms with Gasteiger partial charge in [-0.2, -0.15) is 0 Å². The molecule has 8 heteroatoms. The number of nitrogens with zero attached hydrogens (tertiary/aromatic N) is 1. The Morgan fingerprint density at radius 3 is 2.81 bits per heavy atom. The monoisotopic (exact) mass is 504 g/mol. The van der Waals surface area contributed by atoms with Crippen molar-refractivity contribution < 1.29 is 19.1 Å². The Morgan fingerprint density at radius 1 is 1.32 bits per heavy atom. The number of halogens is 2. The predicted octanol–water partition coefficient (Wildman–Crippen LogP) is 4.81. The number of carbonyl (C=O) groups excluding carboxylic acids is 2. The molecule has 0 bridgehead atoms. The third-order valence-corrected chi connectivity index (χ3v) is 6.90. The number of rotatable bonds is 3. The van der Waals surface area contributed by atoms with E-state index in [0.717, 1.165) is 15.6 Å². The molecule has 2 aliphatic heterocycles. The van der Waals surface area contributed by atoms with Crippen molar-refractivity contribution >= 4 is 45.2 Å². The molecule has 1 amide bonds. The van der Waals surface area contributed by atoms with Gasteiger partial charge in [-0.05, 0) is 64.5 Å². The predicted molar refractivity (Wildman–Crippen MR) is 121 cm³/mol. The van der Waals surface area contributed by atoms with Crippen molar-refractivity contribution in [3.8, 4) is 0 Å². The first-order valence-electron chi connectivity index (χ1n) is 9.96. The highest BCUT2D eigenvalue weighted by Crippen LogP contribution is 2.42. The molecule has 6 nitrogen and oxygen atoms in total. The molecule has 4 rings (SSSR count). The summed E-state index contributed by atoms with van der Waals surface area (Å²) in [4.78, 5) is 27.1. The molecule has 2 aliphatic rings. The Balaban J connectivity index is 1.57. The maximum Gasteiger partial charge on any atom is 0.410 e. The third kappa shape index (κ3) is 4.16. The molecular weight excluding hydrogens is 484 g/mol. The zero-order chi connectivity index (χ0) is 22.2. The van der Waals surface area contributed by atoms with Crippen LogP contribution >= 0.6 is 27.5 Å². The molecule has 1 unspecified atom stereocenters. The highest BCUT2D eigenvalue weighted by molar-refractivity contribution is 9.10. The van der Waals surface area contributed by atoms with Gasteiger partial charge in [-0.1, -0.05) is 41.9 Å². The molecule has 0 aliphatic carbocycles. The van der Waals surface area contributed by atoms with Gasteiger partial charge in [0.15, 0.2) is 5.60 Å². The lowest BCUT2D eigenvalue weighted by atomic mass is 9.87. The summed E-state index contributed by atoms with van der Waals surface area (Å²) in [6.45, 7) is 2.73. The van der Waals surface area contributed by atoms with E-state index in [9.17, 15) is 9.59 Å². The van der Waals surface area contributed by atoms with Crippen LogP contribution in [0, 0.1) is 6.92 Å². The number of piperidine rings is 1. The van der Waals surface area contributed by atoms with Gasteiger partial charge in [0.05, 0.1) is 22.8 Å². The lowest BCUT2D eigenvalue weighted by Gasteiger charge is -2.39. The van der Waals surface area contributed by atoms with Gasteiger partial charge in [-0.25, -0.2) is 9.59 Å². The quantitative estimate of drug-likeness (QED) is 0.606. The summed E-state index contributed by atoms with van der Waals surface area (Å²) >= 11 is 9.65. The number of nitrogens with two attached hydrogens (primary N) is 1. The highest BCUT2D eigenvalue weighted by atomic mass is 79.9. The molecule has 0 aromatic heterocycles. The summed E-state index contributed by atoms with van der Waals surface area (Å²) in [6, 6.07) is 13.0. The molecule has 31 heavy (non-hydrogen) atoms. The van der Waals surface area contributed by atoms with Crippen LogP contribution in [0.1, 0.15) is 29.5 Å². The van der Waals surface area contributed by atoms with Crippen molar-refractivity contribution in [1.29, 1.82) is 0 Å². The number of carbonyl (C=O) groups is 2. The van der Waals surface area contributed by atoms with E-state index in [1.165, 1.54) is 0 Å². The zero-order valence-corrected chi connectivity index (χ0v) is 19.3. The van der Waals surface area contributed by atoms with Crippen molar-refractivity contribution in [2.45, 2.75) is 32.0 Å². The van der Waals surface area contributed by atoms with E-state index in [1.807, 2.05) is 43.3 Å². The summed E-state index contributed by atoms with van der Waals surface area (Å²) < 4.78 is 12.0. The minimum Gasteiger partial charge on any atom is -0.447 e. The summed E-state index contributed by atoms with van der Waals surface area (Å²) in [5, 5.41) is 0.476. The van der Waals surface area contributed by atoms with Crippen molar-refractivity contribution in [3.05, 3.63) is 74.3 Å². The summed E-state index contributed by atoms with van der Waals surface area (Å²) in [6.07, 6.45) is 0.727. The fourth-order valence-corrected chi connectivity index (χ4v) is 4.70. The summed E-state index contributed by atoms with van der Waals surface area (Å²) in [7, 11) is 0. The van der Waals surface area contributed by atoms with E-state index in [2.05, 4.69) is 15.9 Å². The third-order valence-electron chi connectivity index (χ3n) is 5.71. The van der Waals surface area contributed by atoms with Crippen molar-refractivity contribution in [1.82, 2.24) is 4.90 Å². The molecule has 1 saturated heterocycles. The topological polar surface area (TPSA) is 81.9 Å². The van der Waals surface area contributed by atoms with Gasteiger partial charge in [-0.3, -0.25) is 0 Å². The minimum atomic E-state index is -1.05. The normalized spacial score (nSPS) is 20.9. The second kappa shape index (κ2) is 8.55. The Kier molecular flexibility index (Phi) is 5.99. The summed E-state index contributed by atoms with van der Waals surface area (Å²) in [5.74, 6) is -0.501. The fourth-order valence-electron chi connectivity index (χ4n) is 4.08. The molecule has 2 N–H and O–H groups in total. The average Bonchev–Trinajstić information content (AvgIpc) is 2.98. The van der Waals surface area contributed by atoms with E-state index in [4.69, 9.17) is 26.8 Å². The lowest BCUT2D eigenvalue weighted by Crippen LogP contribution is -2.53. The minimum absolute atomic E-state index is 0.158. The van der Waals surface area contributed by atoms with Gasteiger partial charge in [0, 0.05) is 11.0 Å². The number of esters is 1. The Labute approximate surface area is 194 Å². The second-order valence-electron chi connectivity index (χ2n) is 7.82. The SMILES string of the molecule is Cc1cc(Br)c(Cl)cc1C1=C(N)C2(CCCN(C(=O)OCc3ccccc3)C2)OC1=O. The van der Waals surface area contributed by atoms with Crippen LogP contribution in [0.15, 0.2) is 52.6 Å². The smallest absolute Gasteiger partial charge is 0.410 e. The standard InChI is InChI=1S/C23H22BrClN2O4/c1-14-10-17(24)18(25)11-16(14)19-20(26)23(31-21(19)28)8-5-9-27(13-23)22(29)30-12-15-6-3-2-4-7-15/h2-4,6-7,10-11H,5,8-9,12-13,26H2,1H3. The number of amides is 1. The number of hydrogen-bond donors (Lipinski definition) is 1. The number of benzene rings is 2. The van der Waals surface area contributed by atoms with Crippen molar-refractivity contribution in [2.24, 2.45) is 5.73 Å². The Morgan fingerprint density at radius 2 is 2.06 bits per heavy atom. The van der Waals surface area contributed by atoms with Gasteiger partial charge in [0.25, 0.3) is 0 Å². The van der Waals surface area contributed by atoms with Crippen LogP contribution in [0.3, 0.4) is 0 Å². The van der Waals surface area contributed by atoms with E-state index >= 15 is 0 Å². The van der Waals surface area contributed by atoms with Crippen LogP contribution in [0.5, 0.6) is 0 Å². The molecule has 162 valence electrons. The lowest BCUT2D eigenvalue weighted by molar-refractivity contribution is -0.149. The number of ether oxygens (including phenoxy) is 2. The summed E-state index contributed by atoms with van der Waals surface area (Å²) in [5.41, 5.74) is 8.47. The van der Waals surface area contributed by atoms with Crippen LogP contribution in [0.2, 0.25) is 5.02 Å². The number of aryl methyl sites for hydroxylation is 1. The van der Waals surface area contributed by atoms with E-state index in [1.54, 1.807) is 11.0 Å². The zero-order valence-electron chi connectivity index (χ0n) is 17.0. The molecule has 1 fully saturated rings. The van der Waals surface area contributed by atoms with E-state index in [0.29, 0.717) is 41.2 Å². The van der Waals surface area contributed by atoms with Gasteiger partial charge < -0.3 is 20.1 Å². The second-order valence-corrected chi connectivity index (χ2v) is 9.08. The van der Waals surface area contributed by atoms with Crippen LogP contribution in [0.25, 0.3) is 5.57 Å². The van der Waals surface area contributed by atoms with E-state index < -0.39 is 17.7 Å². The largest absolute Gasteiger partial charge is 0.447 e. The van der Waals surface area contributed by atoms with Crippen LogP contribution in [0.4, 0.5) is 4.79 Å². The maximum absolute atomic E-state index is 12.8. The molecular formula is C23H22BrClN2O4. The molecule has 2 aromatic carbocycles. The first-order valence-corrected chi connectivity index (χ1v) is 11.1. The van der Waals surface area contributed by atoms with E-state index in [-0.39, 0.29) is 13.2 Å². The number of likely N-dealkylation sites (tertiary alicyclic amines) is 1. The first kappa shape index (κ1) is 21.7. The maximum atomic E-state index is 12.8. The fraction of sp³-hybridized carbons (Fsp3) is 0.304. The van der Waals surface area contributed by atoms with Crippen molar-refractivity contribution in [3.63, 3.8) is 0 Å². The van der Waals surface area contributed by atoms with Gasteiger partial charge in [0.1, 0.15) is 6.61 Å². The van der Waals surface area contributed by atoms with Crippen LogP contribution < -0.4 is 5.73 Å². The molecule has 1 spiro atoms. The van der Waals surface area contributed by atoms with Crippen LogP contribution in [-0.2, 0) is 20.9 Å². The average molecular weight is 506 g/mol. The molecule has 0 saturated carbocycles. The molecule has 0 radical (unpaired) electrons. The number of hydrogen-bond acceptors (Lipinski definition) is 5. The molecule has 2 aromatic rings. The first-order chi connectivity index (χ1) is 14.8. The van der Waals surface area contributed by atoms with Crippen LogP contribution in [-0.4, -0.2) is 35.7 Å². The molecule has 1 atom stereocenters. The molecule has 2 heterocycles. The van der Waals surface area contributed by atoms with Gasteiger partial charge in [0.2, 0.25) is 0 Å². The van der Waals surface area contributed by atoms with Gasteiger partial charge in [-0.15, -0.1) is 0 Å². The Bertz CT molecular complexity index is 1070. The van der Waals surface area contributed by atoms with Crippen molar-refractivity contribution in [2.75, 3.05) is 13.1 Å². The van der Waals surface area contributed by atoms with Gasteiger partial charge >= 0.3 is 12.1 Å².